The molecule has 0 aromatic heterocycles. The van der Waals surface area contributed by atoms with Gasteiger partial charge in [-0.2, -0.15) is 0 Å². The van der Waals surface area contributed by atoms with Gasteiger partial charge in [-0.25, -0.2) is 0 Å². The number of ketones is 2. The Kier molecular flexibility index (Phi) is 1.99. The summed E-state index contributed by atoms with van der Waals surface area (Å²) in [6.45, 7) is 1.74. The highest BCUT2D eigenvalue weighted by molar-refractivity contribution is 6.24. The molecule has 0 N–H and O–H groups in total. The van der Waals surface area contributed by atoms with Crippen molar-refractivity contribution in [2.75, 3.05) is 0 Å². The molecule has 0 amide bonds. The number of carbonyl (C=O) groups excluding carboxylic acids is 2. The summed E-state index contributed by atoms with van der Waals surface area (Å²) in [5.74, 6) is 0.151. The van der Waals surface area contributed by atoms with Gasteiger partial charge in [-0.3, -0.25) is 9.59 Å². The first-order valence-electron chi connectivity index (χ1n) is 4.73. The summed E-state index contributed by atoms with van der Waals surface area (Å²) in [6.07, 6.45) is 0.675. The maximum atomic E-state index is 11.3. The Hall–Kier alpha value is -1.44. The lowest BCUT2D eigenvalue weighted by Gasteiger charge is -2.34. The zero-order valence-corrected chi connectivity index (χ0v) is 8.12. The fourth-order valence-electron chi connectivity index (χ4n) is 1.79. The molecule has 0 aliphatic heterocycles. The van der Waals surface area contributed by atoms with E-state index in [1.54, 1.807) is 6.92 Å². The minimum atomic E-state index is -0.735. The zero-order valence-electron chi connectivity index (χ0n) is 8.12. The van der Waals surface area contributed by atoms with Crippen molar-refractivity contribution in [1.29, 1.82) is 0 Å². The summed E-state index contributed by atoms with van der Waals surface area (Å²) in [5, 5.41) is 0. The van der Waals surface area contributed by atoms with Gasteiger partial charge in [0.05, 0.1) is 11.8 Å². The summed E-state index contributed by atoms with van der Waals surface area (Å²) in [6, 6.07) is 9.67. The Labute approximate surface area is 82.9 Å². The predicted molar refractivity (Wildman–Crippen MR) is 52.9 cm³/mol. The van der Waals surface area contributed by atoms with Crippen molar-refractivity contribution in [2.45, 2.75) is 19.8 Å². The third-order valence-corrected chi connectivity index (χ3v) is 2.95. The summed E-state index contributed by atoms with van der Waals surface area (Å²) in [5.41, 5.74) is 0.317. The molecule has 0 saturated heterocycles. The van der Waals surface area contributed by atoms with Gasteiger partial charge in [-0.15, -0.1) is 0 Å². The first kappa shape index (κ1) is 9.13. The molecule has 14 heavy (non-hydrogen) atoms. The first-order chi connectivity index (χ1) is 6.63. The van der Waals surface area contributed by atoms with Crippen molar-refractivity contribution >= 4 is 11.6 Å². The summed E-state index contributed by atoms with van der Waals surface area (Å²) in [4.78, 5) is 22.7. The van der Waals surface area contributed by atoms with E-state index in [0.717, 1.165) is 5.56 Å². The van der Waals surface area contributed by atoms with Crippen LogP contribution in [0.4, 0.5) is 0 Å². The third kappa shape index (κ3) is 1.27. The molecule has 1 aromatic carbocycles. The Morgan fingerprint density at radius 3 is 2.21 bits per heavy atom. The second kappa shape index (κ2) is 3.05. The molecule has 0 bridgehead atoms. The van der Waals surface area contributed by atoms with Crippen LogP contribution in [-0.4, -0.2) is 11.6 Å². The van der Waals surface area contributed by atoms with Crippen molar-refractivity contribution in [3.05, 3.63) is 35.9 Å². The van der Waals surface area contributed by atoms with Crippen LogP contribution in [0.3, 0.4) is 0 Å². The molecule has 1 aromatic rings. The number of hydrogen-bond acceptors (Lipinski definition) is 2. The number of hydrogen-bond donors (Lipinski definition) is 0. The first-order valence-corrected chi connectivity index (χ1v) is 4.73. The molecule has 2 nitrogen and oxygen atoms in total. The van der Waals surface area contributed by atoms with E-state index in [4.69, 9.17) is 0 Å². The van der Waals surface area contributed by atoms with Crippen molar-refractivity contribution in [3.8, 4) is 0 Å². The Morgan fingerprint density at radius 2 is 1.71 bits per heavy atom. The van der Waals surface area contributed by atoms with Crippen LogP contribution in [0.2, 0.25) is 0 Å². The average molecular weight is 188 g/mol. The Bertz CT molecular complexity index is 365. The van der Waals surface area contributed by atoms with Crippen LogP contribution in [0.25, 0.3) is 0 Å². The third-order valence-electron chi connectivity index (χ3n) is 2.95. The maximum Gasteiger partial charge on any atom is 0.153 e. The average Bonchev–Trinajstić information content (AvgIpc) is 2.20. The van der Waals surface area contributed by atoms with Crippen LogP contribution in [0.15, 0.2) is 30.3 Å². The summed E-state index contributed by atoms with van der Waals surface area (Å²) < 4.78 is 0. The van der Waals surface area contributed by atoms with Gasteiger partial charge in [0.15, 0.2) is 11.6 Å². The molecular formula is C12H12O2. The molecule has 2 heteroatoms. The Morgan fingerprint density at radius 1 is 1.14 bits per heavy atom. The van der Waals surface area contributed by atoms with Crippen molar-refractivity contribution in [2.24, 2.45) is 5.41 Å². The smallest absolute Gasteiger partial charge is 0.153 e. The van der Waals surface area contributed by atoms with Crippen LogP contribution < -0.4 is 0 Å². The van der Waals surface area contributed by atoms with Crippen LogP contribution >= 0.6 is 0 Å². The van der Waals surface area contributed by atoms with Gasteiger partial charge in [-0.1, -0.05) is 30.3 Å². The van der Waals surface area contributed by atoms with E-state index in [9.17, 15) is 9.59 Å². The van der Waals surface area contributed by atoms with E-state index >= 15 is 0 Å². The molecule has 1 aliphatic rings. The summed E-state index contributed by atoms with van der Waals surface area (Å²) in [7, 11) is 0. The highest BCUT2D eigenvalue weighted by Crippen LogP contribution is 2.36. The lowest BCUT2D eigenvalue weighted by Crippen LogP contribution is -2.49. The molecular weight excluding hydrogens is 176 g/mol. The van der Waals surface area contributed by atoms with E-state index in [-0.39, 0.29) is 18.0 Å². The standard InChI is InChI=1S/C12H12O2/c1-12(10(13)7-11(12)14)8-9-5-3-2-4-6-9/h2-6H,7-8H2,1H3. The van der Waals surface area contributed by atoms with E-state index in [1.807, 2.05) is 30.3 Å². The van der Waals surface area contributed by atoms with Crippen molar-refractivity contribution in [3.63, 3.8) is 0 Å². The van der Waals surface area contributed by atoms with Crippen LogP contribution in [-0.2, 0) is 16.0 Å². The van der Waals surface area contributed by atoms with E-state index < -0.39 is 5.41 Å². The predicted octanol–water partition coefficient (Wildman–Crippen LogP) is 1.78. The van der Waals surface area contributed by atoms with Gasteiger partial charge in [0, 0.05) is 0 Å². The molecule has 0 heterocycles. The summed E-state index contributed by atoms with van der Waals surface area (Å²) >= 11 is 0. The second-order valence-electron chi connectivity index (χ2n) is 4.02. The number of benzene rings is 1. The fraction of sp³-hybridized carbons (Fsp3) is 0.333. The molecule has 0 atom stereocenters. The highest BCUT2D eigenvalue weighted by atomic mass is 16.2. The normalized spacial score (nSPS) is 19.2. The maximum absolute atomic E-state index is 11.3. The van der Waals surface area contributed by atoms with Gasteiger partial charge >= 0.3 is 0 Å². The minimum absolute atomic E-state index is 0.0753. The van der Waals surface area contributed by atoms with E-state index in [2.05, 4.69) is 0 Å². The fourth-order valence-corrected chi connectivity index (χ4v) is 1.79. The van der Waals surface area contributed by atoms with Crippen LogP contribution in [0.1, 0.15) is 18.9 Å². The molecule has 1 saturated carbocycles. The van der Waals surface area contributed by atoms with Gasteiger partial charge in [0.25, 0.3) is 0 Å². The quantitative estimate of drug-likeness (QED) is 0.663. The topological polar surface area (TPSA) is 34.1 Å². The molecule has 0 radical (unpaired) electrons. The van der Waals surface area contributed by atoms with Crippen molar-refractivity contribution in [1.82, 2.24) is 0 Å². The zero-order chi connectivity index (χ0) is 10.2. The highest BCUT2D eigenvalue weighted by Gasteiger charge is 2.49. The van der Waals surface area contributed by atoms with Crippen molar-refractivity contribution < 1.29 is 9.59 Å². The monoisotopic (exact) mass is 188 g/mol. The second-order valence-corrected chi connectivity index (χ2v) is 4.02. The lowest BCUT2D eigenvalue weighted by atomic mass is 9.64. The van der Waals surface area contributed by atoms with E-state index in [1.165, 1.54) is 0 Å². The molecule has 0 spiro atoms. The molecule has 0 unspecified atom stereocenters. The van der Waals surface area contributed by atoms with Gasteiger partial charge in [0.2, 0.25) is 0 Å². The molecule has 72 valence electrons. The van der Waals surface area contributed by atoms with Gasteiger partial charge in [0.1, 0.15) is 0 Å². The van der Waals surface area contributed by atoms with E-state index in [0.29, 0.717) is 6.42 Å². The minimum Gasteiger partial charge on any atom is -0.298 e. The van der Waals surface area contributed by atoms with Crippen LogP contribution in [0.5, 0.6) is 0 Å². The van der Waals surface area contributed by atoms with Crippen LogP contribution in [0, 0.1) is 5.41 Å². The van der Waals surface area contributed by atoms with Gasteiger partial charge < -0.3 is 0 Å². The molecule has 1 aliphatic carbocycles. The SMILES string of the molecule is CC1(Cc2ccccc2)C(=O)CC1=O. The largest absolute Gasteiger partial charge is 0.298 e. The lowest BCUT2D eigenvalue weighted by molar-refractivity contribution is -0.151. The molecule has 1 fully saturated rings. The Balaban J connectivity index is 2.19. The number of rotatable bonds is 2. The number of Topliss-reactive ketones (excluding diaryl/α,β-unsaturated/α-hetero) is 2. The molecule has 2 rings (SSSR count). The van der Waals surface area contributed by atoms with Gasteiger partial charge in [-0.05, 0) is 18.9 Å². The number of carbonyl (C=O) groups is 2.